The molecule has 164 valence electrons. The van der Waals surface area contributed by atoms with Crippen molar-refractivity contribution in [2.75, 3.05) is 13.7 Å². The van der Waals surface area contributed by atoms with Crippen LogP contribution in [0.5, 0.6) is 0 Å². The minimum absolute atomic E-state index is 0.0732. The van der Waals surface area contributed by atoms with Crippen LogP contribution in [0.15, 0.2) is 63.9 Å². The van der Waals surface area contributed by atoms with Gasteiger partial charge in [0, 0.05) is 31.3 Å². The van der Waals surface area contributed by atoms with Crippen LogP contribution < -0.4 is 20.1 Å². The number of amides is 1. The highest BCUT2D eigenvalue weighted by molar-refractivity contribution is 9.10. The number of ether oxygens (including phenoxy) is 1. The number of methoxy groups -OCH3 is 1. The van der Waals surface area contributed by atoms with Crippen LogP contribution >= 0.6 is 27.3 Å². The Labute approximate surface area is 198 Å². The molecule has 8 heteroatoms. The summed E-state index contributed by atoms with van der Waals surface area (Å²) in [6, 6.07) is 19.0. The van der Waals surface area contributed by atoms with Crippen LogP contribution in [0.25, 0.3) is 11.6 Å². The molecule has 1 heterocycles. The molecule has 0 saturated heterocycles. The molecular formula is C24H22BrN3O3S. The first-order valence-electron chi connectivity index (χ1n) is 9.96. The third-order valence-electron chi connectivity index (χ3n) is 4.65. The van der Waals surface area contributed by atoms with Crippen LogP contribution in [-0.4, -0.2) is 24.2 Å². The summed E-state index contributed by atoms with van der Waals surface area (Å²) < 4.78 is 8.35. The topological polar surface area (TPSA) is 84.1 Å². The van der Waals surface area contributed by atoms with Crippen molar-refractivity contribution in [3.63, 3.8) is 0 Å². The SMILES string of the molecule is COCCCn1c(=O)/c(=C/c2ccc(Br)cc2)s/c1=C(\C#N)C(=O)NCc1ccccc1. The van der Waals surface area contributed by atoms with Crippen molar-refractivity contribution in [1.82, 2.24) is 9.88 Å². The summed E-state index contributed by atoms with van der Waals surface area (Å²) in [5.41, 5.74) is 1.48. The predicted molar refractivity (Wildman–Crippen MR) is 129 cm³/mol. The van der Waals surface area contributed by atoms with E-state index in [1.165, 1.54) is 4.57 Å². The van der Waals surface area contributed by atoms with Gasteiger partial charge in [-0.2, -0.15) is 5.26 Å². The molecule has 0 bridgehead atoms. The molecule has 0 saturated carbocycles. The number of hydrogen-bond acceptors (Lipinski definition) is 5. The Kier molecular flexibility index (Phi) is 8.56. The number of nitriles is 1. The highest BCUT2D eigenvalue weighted by Gasteiger charge is 2.16. The first kappa shape index (κ1) is 23.7. The van der Waals surface area contributed by atoms with Crippen molar-refractivity contribution < 1.29 is 9.53 Å². The number of hydrogen-bond donors (Lipinski definition) is 1. The molecule has 1 aromatic heterocycles. The van der Waals surface area contributed by atoms with E-state index in [4.69, 9.17) is 4.74 Å². The van der Waals surface area contributed by atoms with Crippen molar-refractivity contribution in [2.45, 2.75) is 19.5 Å². The molecule has 1 N–H and O–H groups in total. The Morgan fingerprint density at radius 1 is 1.22 bits per heavy atom. The lowest BCUT2D eigenvalue weighted by Crippen LogP contribution is -2.35. The molecule has 0 aliphatic carbocycles. The Bertz CT molecular complexity index is 1290. The van der Waals surface area contributed by atoms with Gasteiger partial charge in [-0.05, 0) is 35.8 Å². The van der Waals surface area contributed by atoms with Crippen molar-refractivity contribution in [3.8, 4) is 6.07 Å². The second kappa shape index (κ2) is 11.6. The largest absolute Gasteiger partial charge is 0.385 e. The zero-order valence-corrected chi connectivity index (χ0v) is 19.9. The van der Waals surface area contributed by atoms with E-state index in [9.17, 15) is 14.9 Å². The van der Waals surface area contributed by atoms with Gasteiger partial charge >= 0.3 is 0 Å². The minimum Gasteiger partial charge on any atom is -0.385 e. The predicted octanol–water partition coefficient (Wildman–Crippen LogP) is 2.53. The van der Waals surface area contributed by atoms with Crippen LogP contribution in [0.1, 0.15) is 17.5 Å². The number of aromatic nitrogens is 1. The number of carbonyl (C=O) groups is 1. The number of rotatable bonds is 8. The van der Waals surface area contributed by atoms with Gasteiger partial charge in [0.1, 0.15) is 10.7 Å². The molecular weight excluding hydrogens is 490 g/mol. The van der Waals surface area contributed by atoms with E-state index in [0.29, 0.717) is 35.3 Å². The molecule has 0 unspecified atom stereocenters. The molecule has 0 aliphatic heterocycles. The molecule has 0 atom stereocenters. The molecule has 2 aromatic carbocycles. The van der Waals surface area contributed by atoms with Crippen LogP contribution in [0.3, 0.4) is 0 Å². The second-order valence-electron chi connectivity index (χ2n) is 6.93. The minimum atomic E-state index is -0.506. The number of nitrogens with zero attached hydrogens (tertiary/aromatic N) is 2. The van der Waals surface area contributed by atoms with Crippen molar-refractivity contribution in [2.24, 2.45) is 0 Å². The van der Waals surface area contributed by atoms with Gasteiger partial charge in [0.05, 0.1) is 4.53 Å². The van der Waals surface area contributed by atoms with E-state index in [0.717, 1.165) is 26.9 Å². The zero-order valence-electron chi connectivity index (χ0n) is 17.5. The Hall–Kier alpha value is -2.99. The van der Waals surface area contributed by atoms with Crippen LogP contribution in [0.4, 0.5) is 0 Å². The third-order valence-corrected chi connectivity index (χ3v) is 6.31. The summed E-state index contributed by atoms with van der Waals surface area (Å²) >= 11 is 4.55. The number of benzene rings is 2. The normalized spacial score (nSPS) is 12.3. The van der Waals surface area contributed by atoms with E-state index >= 15 is 0 Å². The molecule has 32 heavy (non-hydrogen) atoms. The Morgan fingerprint density at radius 2 is 1.94 bits per heavy atom. The van der Waals surface area contributed by atoms with Crippen LogP contribution in [0, 0.1) is 11.3 Å². The number of thiazole rings is 1. The molecule has 1 amide bonds. The molecule has 0 fully saturated rings. The lowest BCUT2D eigenvalue weighted by molar-refractivity contribution is -0.115. The fourth-order valence-electron chi connectivity index (χ4n) is 3.05. The van der Waals surface area contributed by atoms with Crippen molar-refractivity contribution in [1.29, 1.82) is 5.26 Å². The first-order valence-corrected chi connectivity index (χ1v) is 11.6. The molecule has 3 rings (SSSR count). The highest BCUT2D eigenvalue weighted by atomic mass is 79.9. The fraction of sp³-hybridized carbons (Fsp3) is 0.208. The van der Waals surface area contributed by atoms with Gasteiger partial charge in [-0.15, -0.1) is 11.3 Å². The quantitative estimate of drug-likeness (QED) is 0.471. The maximum absolute atomic E-state index is 13.1. The van der Waals surface area contributed by atoms with Crippen LogP contribution in [-0.2, 0) is 22.6 Å². The van der Waals surface area contributed by atoms with E-state index in [2.05, 4.69) is 21.2 Å². The molecule has 0 aliphatic rings. The number of halogens is 1. The molecule has 0 spiro atoms. The van der Waals surface area contributed by atoms with Crippen molar-refractivity contribution in [3.05, 3.63) is 89.7 Å². The van der Waals surface area contributed by atoms with Gasteiger partial charge in [0.25, 0.3) is 11.5 Å². The number of carbonyl (C=O) groups excluding carboxylic acids is 1. The van der Waals surface area contributed by atoms with Gasteiger partial charge < -0.3 is 10.1 Å². The lowest BCUT2D eigenvalue weighted by Gasteiger charge is -2.06. The zero-order chi connectivity index (χ0) is 22.9. The first-order chi connectivity index (χ1) is 15.5. The van der Waals surface area contributed by atoms with E-state index in [1.54, 1.807) is 13.2 Å². The molecule has 6 nitrogen and oxygen atoms in total. The van der Waals surface area contributed by atoms with E-state index in [1.807, 2.05) is 60.7 Å². The van der Waals surface area contributed by atoms with Crippen molar-refractivity contribution >= 4 is 44.8 Å². The summed E-state index contributed by atoms with van der Waals surface area (Å²) in [5, 5.41) is 12.5. The third kappa shape index (κ3) is 6.04. The average Bonchev–Trinajstić information content (AvgIpc) is 3.10. The summed E-state index contributed by atoms with van der Waals surface area (Å²) in [6.45, 7) is 1.11. The summed E-state index contributed by atoms with van der Waals surface area (Å²) in [7, 11) is 1.59. The summed E-state index contributed by atoms with van der Waals surface area (Å²) in [4.78, 5) is 25.9. The summed E-state index contributed by atoms with van der Waals surface area (Å²) in [6.07, 6.45) is 2.36. The van der Waals surface area contributed by atoms with Gasteiger partial charge in [-0.1, -0.05) is 58.4 Å². The highest BCUT2D eigenvalue weighted by Crippen LogP contribution is 2.10. The fourth-order valence-corrected chi connectivity index (χ4v) is 4.44. The van der Waals surface area contributed by atoms with E-state index < -0.39 is 5.91 Å². The standard InChI is InChI=1S/C24H22BrN3O3S/c1-31-13-5-12-28-23(30)21(14-17-8-10-19(25)11-9-17)32-24(28)20(15-26)22(29)27-16-18-6-3-2-4-7-18/h2-4,6-11,14H,5,12-13,16H2,1H3,(H,27,29)/b21-14-,24-20+. The Morgan fingerprint density at radius 3 is 2.59 bits per heavy atom. The molecule has 0 radical (unpaired) electrons. The van der Waals surface area contributed by atoms with Gasteiger partial charge in [0.15, 0.2) is 5.57 Å². The van der Waals surface area contributed by atoms with E-state index in [-0.39, 0.29) is 11.1 Å². The second-order valence-corrected chi connectivity index (χ2v) is 8.87. The lowest BCUT2D eigenvalue weighted by atomic mass is 10.2. The average molecular weight is 512 g/mol. The van der Waals surface area contributed by atoms with Gasteiger partial charge in [-0.3, -0.25) is 14.2 Å². The maximum atomic E-state index is 13.1. The Balaban J connectivity index is 2.05. The van der Waals surface area contributed by atoms with Crippen LogP contribution in [0.2, 0.25) is 0 Å². The maximum Gasteiger partial charge on any atom is 0.269 e. The summed E-state index contributed by atoms with van der Waals surface area (Å²) in [5.74, 6) is -0.506. The smallest absolute Gasteiger partial charge is 0.269 e. The van der Waals surface area contributed by atoms with Gasteiger partial charge in [-0.25, -0.2) is 0 Å². The molecule has 3 aromatic rings. The van der Waals surface area contributed by atoms with Gasteiger partial charge in [0.2, 0.25) is 0 Å². The number of nitrogens with one attached hydrogen (secondary N) is 1. The monoisotopic (exact) mass is 511 g/mol.